The van der Waals surface area contributed by atoms with Gasteiger partial charge in [0.15, 0.2) is 71.7 Å². The van der Waals surface area contributed by atoms with Crippen molar-refractivity contribution >= 4 is 80.8 Å². The molecule has 2 aliphatic heterocycles. The number of fused-ring (bicyclic) bond motifs is 2. The van der Waals surface area contributed by atoms with Crippen molar-refractivity contribution in [2.24, 2.45) is 5.92 Å². The Hall–Kier alpha value is -6.84. The van der Waals surface area contributed by atoms with Crippen molar-refractivity contribution in [3.05, 3.63) is 47.1 Å². The van der Waals surface area contributed by atoms with Gasteiger partial charge in [0.25, 0.3) is 0 Å². The van der Waals surface area contributed by atoms with Crippen LogP contribution in [0.1, 0.15) is 116 Å². The zero-order valence-electron chi connectivity index (χ0n) is 38.6. The van der Waals surface area contributed by atoms with Crippen molar-refractivity contribution in [2.45, 2.75) is 142 Å². The molecule has 0 amide bonds. The molecule has 29 heteroatoms. The average Bonchev–Trinajstić information content (AvgIpc) is 4.18. The van der Waals surface area contributed by atoms with Gasteiger partial charge in [-0.3, -0.25) is 28.3 Å². The van der Waals surface area contributed by atoms with Crippen molar-refractivity contribution < 1.29 is 47.6 Å². The molecule has 3 fully saturated rings. The highest BCUT2D eigenvalue weighted by Crippen LogP contribution is 2.45. The van der Waals surface area contributed by atoms with Crippen molar-refractivity contribution in [2.75, 3.05) is 5.32 Å². The number of esters is 4. The molecular weight excluding hydrogens is 961 g/mol. The number of ether oxygens (including phenoxy) is 6. The van der Waals surface area contributed by atoms with E-state index in [0.29, 0.717) is 47.6 Å². The van der Waals surface area contributed by atoms with Crippen molar-refractivity contribution in [3.63, 3.8) is 0 Å². The highest BCUT2D eigenvalue weighted by molar-refractivity contribution is 6.29. The Balaban J connectivity index is 0.905. The Labute approximate surface area is 406 Å². The fraction of sp³-hybridized carbons (Fsp3) is 0.561. The number of allylic oxidation sites excluding steroid dienone is 1. The second kappa shape index (κ2) is 19.9. The summed E-state index contributed by atoms with van der Waals surface area (Å²) in [6, 6.07) is -0.0286. The average molecular weight is 1010 g/mol. The van der Waals surface area contributed by atoms with E-state index >= 15 is 0 Å². The number of carbonyl (C=O) groups is 4. The first-order valence-corrected chi connectivity index (χ1v) is 23.1. The van der Waals surface area contributed by atoms with Gasteiger partial charge < -0.3 is 33.7 Å². The molecule has 0 bridgehead atoms. The summed E-state index contributed by atoms with van der Waals surface area (Å²) in [5.74, 6) is -1.73. The highest BCUT2D eigenvalue weighted by Gasteiger charge is 2.54. The molecule has 1 N–H and O–H groups in total. The number of anilines is 1. The Kier molecular flexibility index (Phi) is 13.7. The maximum Gasteiger partial charge on any atom is 0.303 e. The van der Waals surface area contributed by atoms with Crippen LogP contribution < -0.4 is 5.32 Å². The summed E-state index contributed by atoms with van der Waals surface area (Å²) in [7, 11) is 0. The van der Waals surface area contributed by atoms with E-state index in [-0.39, 0.29) is 45.5 Å². The van der Waals surface area contributed by atoms with Gasteiger partial charge in [-0.1, -0.05) is 6.58 Å². The zero-order valence-corrected chi connectivity index (χ0v) is 40.1. The Morgan fingerprint density at radius 3 is 1.60 bits per heavy atom. The van der Waals surface area contributed by atoms with Crippen LogP contribution in [0, 0.1) is 5.92 Å². The Bertz CT molecular complexity index is 2970. The third kappa shape index (κ3) is 9.69. The van der Waals surface area contributed by atoms with Gasteiger partial charge in [-0.2, -0.15) is 24.5 Å². The second-order valence-electron chi connectivity index (χ2n) is 16.9. The van der Waals surface area contributed by atoms with E-state index in [4.69, 9.17) is 51.6 Å². The van der Waals surface area contributed by atoms with Crippen molar-refractivity contribution in [1.29, 1.82) is 0 Å². The molecule has 1 aliphatic carbocycles. The van der Waals surface area contributed by atoms with Gasteiger partial charge in [0, 0.05) is 33.7 Å². The Morgan fingerprint density at radius 2 is 1.13 bits per heavy atom. The van der Waals surface area contributed by atoms with E-state index < -0.39 is 73.0 Å². The van der Waals surface area contributed by atoms with Crippen LogP contribution in [0.25, 0.3) is 27.9 Å². The topological polar surface area (TPSA) is 310 Å². The summed E-state index contributed by atoms with van der Waals surface area (Å²) in [5, 5.41) is 28.3. The second-order valence-corrected chi connectivity index (χ2v) is 17.5. The molecule has 0 radical (unpaired) electrons. The summed E-state index contributed by atoms with van der Waals surface area (Å²) in [6.45, 7) is 13.8. The van der Waals surface area contributed by atoms with Gasteiger partial charge in [0.2, 0.25) is 22.2 Å². The lowest BCUT2D eigenvalue weighted by atomic mass is 9.82. The number of aromatic nitrogens is 16. The number of carbonyl (C=O) groups excluding carboxylic acids is 4. The molecule has 0 spiro atoms. The minimum Gasteiger partial charge on any atom is -0.455 e. The number of hydrogen-bond donors (Lipinski definition) is 1. The van der Waals surface area contributed by atoms with Crippen LogP contribution in [0.2, 0.25) is 10.6 Å². The van der Waals surface area contributed by atoms with E-state index in [2.05, 4.69) is 72.6 Å². The van der Waals surface area contributed by atoms with Crippen molar-refractivity contribution in [1.82, 2.24) is 79.5 Å². The van der Waals surface area contributed by atoms with E-state index in [0.717, 1.165) is 25.7 Å². The molecule has 1 saturated carbocycles. The fourth-order valence-electron chi connectivity index (χ4n) is 9.07. The number of hydrogen-bond acceptors (Lipinski definition) is 23. The summed E-state index contributed by atoms with van der Waals surface area (Å²) < 4.78 is 38.6. The van der Waals surface area contributed by atoms with E-state index in [1.165, 1.54) is 59.1 Å². The Morgan fingerprint density at radius 1 is 0.671 bits per heavy atom. The van der Waals surface area contributed by atoms with Crippen LogP contribution in [0.15, 0.2) is 19.2 Å². The van der Waals surface area contributed by atoms with Crippen LogP contribution >= 0.6 is 23.2 Å². The number of nitrogens with zero attached hydrogens (tertiary/aromatic N) is 16. The van der Waals surface area contributed by atoms with Gasteiger partial charge in [-0.05, 0) is 91.1 Å². The maximum absolute atomic E-state index is 12.4. The standard InChI is InChI=1S/C41H47Cl2N17O10/c1-8-59-53-34(51-55-59)29-27(65-18(4)61)31(67-20(6)63)38(69-29)57-15-44-25-24(47-40(42)49-36(25)57)17(3)14-22-10-12-23(13-11-22)46-33-26-37(50-41(43)48-33)58(16-45-26)39-32(68-21(7)64)28(66-19(5)62)30(70-39)35-52-56-60(9-2)54-35/h15-16,22-23,27-32,38-39H,3,8-14H2,1-2,4-7H3,(H,46,48,50)/t22?,23?,27-,28-,29?,30?,31-,32-,38?,39?/m1/s1. The van der Waals surface area contributed by atoms with Gasteiger partial charge in [0.05, 0.1) is 31.4 Å². The van der Waals surface area contributed by atoms with Crippen LogP contribution in [-0.2, 0) is 60.7 Å². The molecule has 6 aromatic heterocycles. The number of rotatable bonds is 15. The lowest BCUT2D eigenvalue weighted by molar-refractivity contribution is -0.165. The first kappa shape index (κ1) is 48.2. The predicted molar refractivity (Wildman–Crippen MR) is 239 cm³/mol. The van der Waals surface area contributed by atoms with Crippen LogP contribution in [0.4, 0.5) is 5.82 Å². The summed E-state index contributed by atoms with van der Waals surface area (Å²) in [6.07, 6.45) is -2.37. The molecule has 370 valence electrons. The fourth-order valence-corrected chi connectivity index (χ4v) is 9.40. The molecule has 27 nitrogen and oxygen atoms in total. The number of tetrazole rings is 2. The molecular formula is C41H47Cl2N17O10. The normalized spacial score (nSPS) is 25.5. The van der Waals surface area contributed by atoms with E-state index in [9.17, 15) is 19.2 Å². The van der Waals surface area contributed by atoms with Gasteiger partial charge in [0.1, 0.15) is 5.52 Å². The number of halogens is 2. The minimum atomic E-state index is -1.17. The van der Waals surface area contributed by atoms with Crippen LogP contribution in [0.3, 0.4) is 0 Å². The third-order valence-corrected chi connectivity index (χ3v) is 12.3. The molecule has 0 aromatic carbocycles. The monoisotopic (exact) mass is 1010 g/mol. The van der Waals surface area contributed by atoms with Crippen LogP contribution in [-0.4, -0.2) is 134 Å². The van der Waals surface area contributed by atoms with Gasteiger partial charge in [-0.15, -0.1) is 20.4 Å². The molecule has 4 unspecified atom stereocenters. The lowest BCUT2D eigenvalue weighted by Crippen LogP contribution is -2.37. The highest BCUT2D eigenvalue weighted by atomic mass is 35.5. The summed E-state index contributed by atoms with van der Waals surface area (Å²) in [5.41, 5.74) is 2.39. The third-order valence-electron chi connectivity index (χ3n) is 12.0. The summed E-state index contributed by atoms with van der Waals surface area (Å²) in [4.78, 5) is 79.5. The predicted octanol–water partition coefficient (Wildman–Crippen LogP) is 3.63. The lowest BCUT2D eigenvalue weighted by Gasteiger charge is -2.30. The SMILES string of the molecule is C=C(CC1CCC(Nc2nc(Cl)nc3c2ncn3C2OC(c3nnn(CC)n3)[C@@H](OC(C)=O)[C@H]2OC(C)=O)CC1)c1nc(Cl)nc2c1ncn2C1OC(c2nnn(CC)n2)[C@@H](OC(C)=O)[C@H]1OC(C)=O. The van der Waals surface area contributed by atoms with Gasteiger partial charge in [-0.25, -0.2) is 15.0 Å². The number of nitrogens with one attached hydrogen (secondary N) is 1. The smallest absolute Gasteiger partial charge is 0.303 e. The molecule has 2 saturated heterocycles. The maximum atomic E-state index is 12.4. The first-order chi connectivity index (χ1) is 33.6. The quantitative estimate of drug-likeness (QED) is 0.0872. The molecule has 8 heterocycles. The van der Waals surface area contributed by atoms with E-state index in [1.807, 2.05) is 13.8 Å². The van der Waals surface area contributed by atoms with Crippen molar-refractivity contribution in [3.8, 4) is 0 Å². The zero-order chi connectivity index (χ0) is 49.5. The minimum absolute atomic E-state index is 0.0286. The van der Waals surface area contributed by atoms with E-state index in [1.54, 1.807) is 0 Å². The molecule has 8 atom stereocenters. The molecule has 9 rings (SSSR count). The molecule has 70 heavy (non-hydrogen) atoms. The first-order valence-electron chi connectivity index (χ1n) is 22.4. The number of imidazole rings is 2. The van der Waals surface area contributed by atoms with Gasteiger partial charge >= 0.3 is 23.9 Å². The largest absolute Gasteiger partial charge is 0.455 e. The van der Waals surface area contributed by atoms with Crippen LogP contribution in [0.5, 0.6) is 0 Å². The summed E-state index contributed by atoms with van der Waals surface area (Å²) >= 11 is 13.1. The number of aryl methyl sites for hydroxylation is 2. The molecule has 6 aromatic rings. The molecule has 3 aliphatic rings.